The van der Waals surface area contributed by atoms with Gasteiger partial charge >= 0.3 is 0 Å². The van der Waals surface area contributed by atoms with Crippen LogP contribution < -0.4 is 10.6 Å². The van der Waals surface area contributed by atoms with E-state index in [1.807, 2.05) is 25.2 Å². The van der Waals surface area contributed by atoms with E-state index in [1.54, 1.807) is 0 Å². The van der Waals surface area contributed by atoms with E-state index in [-0.39, 0.29) is 12.4 Å². The molecule has 1 aliphatic rings. The van der Waals surface area contributed by atoms with Gasteiger partial charge in [0.05, 0.1) is 5.69 Å². The molecule has 0 fully saturated rings. The molecule has 2 aromatic rings. The summed E-state index contributed by atoms with van der Waals surface area (Å²) in [5.74, 6) is 0.980. The number of nitrogens with zero attached hydrogens (tertiary/aromatic N) is 2. The standard InChI is InChI=1S/C17H19N3.ClH/c1-20(14-7-3-2-4-8-14)17-11-10-15-13(12-18)6-5-9-16(15)19-17;/h2-4,6-8,10-11H,5,9,12,18H2,1H3;1H. The second kappa shape index (κ2) is 6.74. The largest absolute Gasteiger partial charge is 0.329 e. The van der Waals surface area contributed by atoms with Crippen molar-refractivity contribution in [1.29, 1.82) is 0 Å². The highest BCUT2D eigenvalue weighted by molar-refractivity contribution is 5.85. The fraction of sp³-hybridized carbons (Fsp3) is 0.235. The van der Waals surface area contributed by atoms with E-state index in [0.717, 1.165) is 30.0 Å². The summed E-state index contributed by atoms with van der Waals surface area (Å²) in [6.45, 7) is 0.586. The van der Waals surface area contributed by atoms with E-state index >= 15 is 0 Å². The number of para-hydroxylation sites is 1. The van der Waals surface area contributed by atoms with Crippen LogP contribution in [-0.4, -0.2) is 18.6 Å². The second-order valence-electron chi connectivity index (χ2n) is 5.03. The molecule has 4 heteroatoms. The molecule has 0 atom stereocenters. The highest BCUT2D eigenvalue weighted by Crippen LogP contribution is 2.28. The first-order chi connectivity index (χ1) is 9.79. The Balaban J connectivity index is 0.00000161. The number of allylic oxidation sites excluding steroid dienone is 1. The van der Waals surface area contributed by atoms with Crippen molar-refractivity contribution in [1.82, 2.24) is 4.98 Å². The van der Waals surface area contributed by atoms with Crippen LogP contribution in [0.4, 0.5) is 11.5 Å². The summed E-state index contributed by atoms with van der Waals surface area (Å²) < 4.78 is 0. The average molecular weight is 302 g/mol. The molecule has 0 unspecified atom stereocenters. The van der Waals surface area contributed by atoms with Crippen molar-refractivity contribution in [3.05, 3.63) is 59.8 Å². The Kier molecular flexibility index (Phi) is 4.99. The number of halogens is 1. The van der Waals surface area contributed by atoms with Gasteiger partial charge in [0.2, 0.25) is 0 Å². The molecule has 0 saturated heterocycles. The molecule has 3 nitrogen and oxygen atoms in total. The zero-order valence-electron chi connectivity index (χ0n) is 12.1. The van der Waals surface area contributed by atoms with Gasteiger partial charge in [-0.3, -0.25) is 0 Å². The van der Waals surface area contributed by atoms with Gasteiger partial charge in [0.25, 0.3) is 0 Å². The summed E-state index contributed by atoms with van der Waals surface area (Å²) in [6.07, 6.45) is 4.25. The molecular formula is C17H20ClN3. The minimum Gasteiger partial charge on any atom is -0.329 e. The minimum atomic E-state index is 0. The van der Waals surface area contributed by atoms with Gasteiger partial charge in [-0.2, -0.15) is 0 Å². The molecule has 0 saturated carbocycles. The van der Waals surface area contributed by atoms with Crippen LogP contribution in [0.1, 0.15) is 17.7 Å². The van der Waals surface area contributed by atoms with Crippen molar-refractivity contribution < 1.29 is 0 Å². The predicted octanol–water partition coefficient (Wildman–Crippen LogP) is 3.56. The fourth-order valence-corrected chi connectivity index (χ4v) is 2.63. The molecule has 0 bridgehead atoms. The van der Waals surface area contributed by atoms with Crippen LogP contribution in [0.25, 0.3) is 5.57 Å². The van der Waals surface area contributed by atoms with Gasteiger partial charge in [-0.1, -0.05) is 24.3 Å². The van der Waals surface area contributed by atoms with Gasteiger partial charge in [-0.15, -0.1) is 12.4 Å². The number of hydrogen-bond donors (Lipinski definition) is 1. The molecule has 0 amide bonds. The summed E-state index contributed by atoms with van der Waals surface area (Å²) in [6, 6.07) is 14.5. The van der Waals surface area contributed by atoms with Crippen molar-refractivity contribution in [2.24, 2.45) is 5.73 Å². The number of aromatic nitrogens is 1. The minimum absolute atomic E-state index is 0. The Labute approximate surface area is 131 Å². The van der Waals surface area contributed by atoms with Crippen LogP contribution in [-0.2, 0) is 6.42 Å². The predicted molar refractivity (Wildman–Crippen MR) is 91.3 cm³/mol. The number of rotatable bonds is 3. The lowest BCUT2D eigenvalue weighted by atomic mass is 9.95. The van der Waals surface area contributed by atoms with Crippen LogP contribution in [0.15, 0.2) is 48.5 Å². The summed E-state index contributed by atoms with van der Waals surface area (Å²) in [4.78, 5) is 6.93. The highest BCUT2D eigenvalue weighted by Gasteiger charge is 2.15. The number of aryl methyl sites for hydroxylation is 1. The molecule has 0 radical (unpaired) electrons. The lowest BCUT2D eigenvalue weighted by Crippen LogP contribution is -2.15. The Morgan fingerprint density at radius 2 is 1.90 bits per heavy atom. The van der Waals surface area contributed by atoms with Gasteiger partial charge in [0.1, 0.15) is 5.82 Å². The summed E-state index contributed by atoms with van der Waals surface area (Å²) in [5.41, 5.74) is 10.5. The van der Waals surface area contributed by atoms with Crippen LogP contribution in [0.2, 0.25) is 0 Å². The van der Waals surface area contributed by atoms with E-state index in [2.05, 4.69) is 35.2 Å². The summed E-state index contributed by atoms with van der Waals surface area (Å²) >= 11 is 0. The average Bonchev–Trinajstić information content (AvgIpc) is 2.53. The normalized spacial score (nSPS) is 13.0. The van der Waals surface area contributed by atoms with Crippen molar-refractivity contribution in [3.63, 3.8) is 0 Å². The molecule has 21 heavy (non-hydrogen) atoms. The monoisotopic (exact) mass is 301 g/mol. The third-order valence-corrected chi connectivity index (χ3v) is 3.78. The van der Waals surface area contributed by atoms with Crippen molar-refractivity contribution >= 4 is 29.5 Å². The smallest absolute Gasteiger partial charge is 0.133 e. The summed E-state index contributed by atoms with van der Waals surface area (Å²) in [7, 11) is 2.05. The van der Waals surface area contributed by atoms with E-state index in [9.17, 15) is 0 Å². The molecule has 110 valence electrons. The molecular weight excluding hydrogens is 282 g/mol. The Bertz CT molecular complexity index is 638. The number of hydrogen-bond acceptors (Lipinski definition) is 3. The first-order valence-electron chi connectivity index (χ1n) is 6.98. The summed E-state index contributed by atoms with van der Waals surface area (Å²) in [5, 5.41) is 0. The Hall–Kier alpha value is -1.84. The van der Waals surface area contributed by atoms with Crippen LogP contribution >= 0.6 is 12.4 Å². The first-order valence-corrected chi connectivity index (χ1v) is 6.98. The lowest BCUT2D eigenvalue weighted by molar-refractivity contribution is 0.906. The SMILES string of the molecule is CN(c1ccccc1)c1ccc2c(n1)CCC=C2CN.Cl. The van der Waals surface area contributed by atoms with E-state index < -0.39 is 0 Å². The van der Waals surface area contributed by atoms with Crippen molar-refractivity contribution in [2.75, 3.05) is 18.5 Å². The van der Waals surface area contributed by atoms with Gasteiger partial charge in [-0.25, -0.2) is 4.98 Å². The quantitative estimate of drug-likeness (QED) is 0.942. The first kappa shape index (κ1) is 15.5. The Morgan fingerprint density at radius 3 is 2.62 bits per heavy atom. The van der Waals surface area contributed by atoms with Crippen molar-refractivity contribution in [3.8, 4) is 0 Å². The number of pyridine rings is 1. The molecule has 1 heterocycles. The Morgan fingerprint density at radius 1 is 1.14 bits per heavy atom. The van der Waals surface area contributed by atoms with Gasteiger partial charge < -0.3 is 10.6 Å². The fourth-order valence-electron chi connectivity index (χ4n) is 2.63. The second-order valence-corrected chi connectivity index (χ2v) is 5.03. The zero-order valence-corrected chi connectivity index (χ0v) is 12.9. The number of nitrogens with two attached hydrogens (primary N) is 1. The molecule has 2 N–H and O–H groups in total. The third-order valence-electron chi connectivity index (χ3n) is 3.78. The zero-order chi connectivity index (χ0) is 13.9. The number of benzene rings is 1. The lowest BCUT2D eigenvalue weighted by Gasteiger charge is -2.22. The van der Waals surface area contributed by atoms with E-state index in [1.165, 1.54) is 11.1 Å². The van der Waals surface area contributed by atoms with Crippen LogP contribution in [0.3, 0.4) is 0 Å². The number of fused-ring (bicyclic) bond motifs is 1. The van der Waals surface area contributed by atoms with E-state index in [4.69, 9.17) is 10.7 Å². The van der Waals surface area contributed by atoms with Crippen molar-refractivity contribution in [2.45, 2.75) is 12.8 Å². The molecule has 3 rings (SSSR count). The van der Waals surface area contributed by atoms with Gasteiger partial charge in [-0.05, 0) is 42.7 Å². The van der Waals surface area contributed by atoms with Gasteiger partial charge in [0, 0.05) is 24.8 Å². The molecule has 1 aromatic heterocycles. The highest BCUT2D eigenvalue weighted by atomic mass is 35.5. The maximum absolute atomic E-state index is 5.80. The molecule has 0 aliphatic heterocycles. The van der Waals surface area contributed by atoms with Gasteiger partial charge in [0.15, 0.2) is 0 Å². The molecule has 0 spiro atoms. The maximum atomic E-state index is 5.80. The van der Waals surface area contributed by atoms with E-state index in [0.29, 0.717) is 6.54 Å². The number of anilines is 2. The van der Waals surface area contributed by atoms with Crippen LogP contribution in [0, 0.1) is 0 Å². The molecule has 1 aromatic carbocycles. The topological polar surface area (TPSA) is 42.2 Å². The molecule has 1 aliphatic carbocycles. The maximum Gasteiger partial charge on any atom is 0.133 e. The third kappa shape index (κ3) is 3.09. The van der Waals surface area contributed by atoms with Crippen LogP contribution in [0.5, 0.6) is 0 Å².